The lowest BCUT2D eigenvalue weighted by molar-refractivity contribution is -0.125. The van der Waals surface area contributed by atoms with Gasteiger partial charge in [0, 0.05) is 25.6 Å². The molecule has 140 valence electrons. The van der Waals surface area contributed by atoms with Gasteiger partial charge in [0.25, 0.3) is 0 Å². The van der Waals surface area contributed by atoms with E-state index < -0.39 is 0 Å². The zero-order chi connectivity index (χ0) is 18.8. The number of carbonyl (C=O) groups excluding carboxylic acids is 1. The minimum Gasteiger partial charge on any atom is -0.355 e. The molecule has 1 aromatic carbocycles. The summed E-state index contributed by atoms with van der Waals surface area (Å²) < 4.78 is 1.76. The third-order valence-electron chi connectivity index (χ3n) is 5.18. The molecule has 3 heterocycles. The highest BCUT2D eigenvalue weighted by atomic mass is 16.1. The first-order chi connectivity index (χ1) is 13.1. The van der Waals surface area contributed by atoms with Crippen LogP contribution in [0, 0.1) is 19.8 Å². The molecule has 0 bridgehead atoms. The van der Waals surface area contributed by atoms with E-state index in [1.54, 1.807) is 4.52 Å². The lowest BCUT2D eigenvalue weighted by Crippen LogP contribution is -2.40. The first-order valence-corrected chi connectivity index (χ1v) is 9.37. The second-order valence-electron chi connectivity index (χ2n) is 7.17. The standard InChI is InChI=1S/C20H24N6O/c1-14-3-5-16(6-4-14)13-21-20(27)17-9-11-25(12-10-17)19-8-7-18-23-22-15(2)26(18)24-19/h3-8,17H,9-13H2,1-2H3,(H,21,27). The van der Waals surface area contributed by atoms with E-state index in [-0.39, 0.29) is 11.8 Å². The molecule has 1 N–H and O–H groups in total. The molecule has 1 aliphatic rings. The van der Waals surface area contributed by atoms with Crippen molar-refractivity contribution in [2.75, 3.05) is 18.0 Å². The quantitative estimate of drug-likeness (QED) is 0.769. The summed E-state index contributed by atoms with van der Waals surface area (Å²) >= 11 is 0. The van der Waals surface area contributed by atoms with Gasteiger partial charge in [0.2, 0.25) is 5.91 Å². The predicted octanol–water partition coefficient (Wildman–Crippen LogP) is 2.27. The van der Waals surface area contributed by atoms with Crippen LogP contribution in [0.15, 0.2) is 36.4 Å². The largest absolute Gasteiger partial charge is 0.355 e. The Morgan fingerprint density at radius 2 is 1.81 bits per heavy atom. The highest BCUT2D eigenvalue weighted by Gasteiger charge is 2.25. The van der Waals surface area contributed by atoms with E-state index in [0.717, 1.165) is 48.8 Å². The summed E-state index contributed by atoms with van der Waals surface area (Å²) in [5.41, 5.74) is 3.11. The molecular weight excluding hydrogens is 340 g/mol. The molecule has 0 spiro atoms. The highest BCUT2D eigenvalue weighted by Crippen LogP contribution is 2.22. The highest BCUT2D eigenvalue weighted by molar-refractivity contribution is 5.79. The fourth-order valence-electron chi connectivity index (χ4n) is 3.47. The number of aryl methyl sites for hydroxylation is 2. The van der Waals surface area contributed by atoms with Crippen LogP contribution in [0.3, 0.4) is 0 Å². The maximum absolute atomic E-state index is 12.5. The fourth-order valence-corrected chi connectivity index (χ4v) is 3.47. The molecule has 1 amide bonds. The molecule has 1 saturated heterocycles. The second-order valence-corrected chi connectivity index (χ2v) is 7.17. The molecule has 4 rings (SSSR count). The number of carbonyl (C=O) groups is 1. The SMILES string of the molecule is Cc1ccc(CNC(=O)C2CCN(c3ccc4nnc(C)n4n3)CC2)cc1. The minimum atomic E-state index is 0.0621. The number of rotatable bonds is 4. The molecule has 1 fully saturated rings. The van der Waals surface area contributed by atoms with Gasteiger partial charge in [-0.05, 0) is 44.4 Å². The number of piperidine rings is 1. The average molecular weight is 364 g/mol. The van der Waals surface area contributed by atoms with E-state index in [2.05, 4.69) is 56.7 Å². The molecule has 0 atom stereocenters. The Morgan fingerprint density at radius 3 is 2.56 bits per heavy atom. The minimum absolute atomic E-state index is 0.0621. The summed E-state index contributed by atoms with van der Waals surface area (Å²) in [5, 5.41) is 15.8. The van der Waals surface area contributed by atoms with Crippen LogP contribution in [0.1, 0.15) is 29.8 Å². The number of anilines is 1. The number of aromatic nitrogens is 4. The Kier molecular flexibility index (Phi) is 4.75. The number of nitrogens with one attached hydrogen (secondary N) is 1. The topological polar surface area (TPSA) is 75.4 Å². The molecule has 2 aromatic heterocycles. The molecule has 0 radical (unpaired) electrons. The van der Waals surface area contributed by atoms with Crippen LogP contribution in [0.4, 0.5) is 5.82 Å². The maximum atomic E-state index is 12.5. The lowest BCUT2D eigenvalue weighted by atomic mass is 9.96. The van der Waals surface area contributed by atoms with Gasteiger partial charge >= 0.3 is 0 Å². The summed E-state index contributed by atoms with van der Waals surface area (Å²) in [4.78, 5) is 14.7. The van der Waals surface area contributed by atoms with Gasteiger partial charge in [-0.1, -0.05) is 29.8 Å². The average Bonchev–Trinajstić information content (AvgIpc) is 3.08. The van der Waals surface area contributed by atoms with Crippen LogP contribution in [-0.4, -0.2) is 38.8 Å². The molecule has 0 unspecified atom stereocenters. The van der Waals surface area contributed by atoms with Crippen LogP contribution in [0.5, 0.6) is 0 Å². The molecule has 3 aromatic rings. The Labute approximate surface area is 158 Å². The monoisotopic (exact) mass is 364 g/mol. The molecule has 7 heteroatoms. The predicted molar refractivity (Wildman–Crippen MR) is 103 cm³/mol. The summed E-state index contributed by atoms with van der Waals surface area (Å²) in [7, 11) is 0. The van der Waals surface area contributed by atoms with Crippen molar-refractivity contribution in [2.24, 2.45) is 5.92 Å². The third kappa shape index (κ3) is 3.77. The summed E-state index contributed by atoms with van der Waals surface area (Å²) in [6.07, 6.45) is 1.67. The van der Waals surface area contributed by atoms with Crippen LogP contribution >= 0.6 is 0 Å². The zero-order valence-corrected chi connectivity index (χ0v) is 15.7. The molecule has 7 nitrogen and oxygen atoms in total. The summed E-state index contributed by atoms with van der Waals surface area (Å²) in [6, 6.07) is 12.2. The smallest absolute Gasteiger partial charge is 0.223 e. The van der Waals surface area contributed by atoms with Crippen molar-refractivity contribution in [3.8, 4) is 0 Å². The van der Waals surface area contributed by atoms with Crippen molar-refractivity contribution in [1.29, 1.82) is 0 Å². The zero-order valence-electron chi connectivity index (χ0n) is 15.7. The second kappa shape index (κ2) is 7.34. The van der Waals surface area contributed by atoms with Gasteiger partial charge in [0.1, 0.15) is 5.82 Å². The van der Waals surface area contributed by atoms with Gasteiger partial charge in [-0.2, -0.15) is 4.52 Å². The number of amides is 1. The number of nitrogens with zero attached hydrogens (tertiary/aromatic N) is 5. The van der Waals surface area contributed by atoms with Gasteiger partial charge < -0.3 is 10.2 Å². The normalized spacial score (nSPS) is 15.3. The van der Waals surface area contributed by atoms with Gasteiger partial charge in [-0.3, -0.25) is 4.79 Å². The maximum Gasteiger partial charge on any atom is 0.223 e. The van der Waals surface area contributed by atoms with Crippen molar-refractivity contribution in [2.45, 2.75) is 33.2 Å². The van der Waals surface area contributed by atoms with Crippen molar-refractivity contribution in [3.05, 3.63) is 53.3 Å². The molecule has 1 aliphatic heterocycles. The van der Waals surface area contributed by atoms with E-state index >= 15 is 0 Å². The number of benzene rings is 1. The van der Waals surface area contributed by atoms with Gasteiger partial charge in [-0.25, -0.2) is 0 Å². The summed E-state index contributed by atoms with van der Waals surface area (Å²) in [6.45, 7) is 6.18. The first kappa shape index (κ1) is 17.5. The third-order valence-corrected chi connectivity index (χ3v) is 5.18. The van der Waals surface area contributed by atoms with E-state index in [1.165, 1.54) is 5.56 Å². The van der Waals surface area contributed by atoms with Gasteiger partial charge in [-0.15, -0.1) is 15.3 Å². The fraction of sp³-hybridized carbons (Fsp3) is 0.400. The Hall–Kier alpha value is -2.96. The first-order valence-electron chi connectivity index (χ1n) is 9.37. The van der Waals surface area contributed by atoms with Crippen LogP contribution in [0.25, 0.3) is 5.65 Å². The van der Waals surface area contributed by atoms with Crippen LogP contribution in [-0.2, 0) is 11.3 Å². The van der Waals surface area contributed by atoms with Crippen LogP contribution < -0.4 is 10.2 Å². The van der Waals surface area contributed by atoms with E-state index in [4.69, 9.17) is 0 Å². The van der Waals surface area contributed by atoms with E-state index in [1.807, 2.05) is 19.1 Å². The summed E-state index contributed by atoms with van der Waals surface area (Å²) in [5.74, 6) is 1.89. The number of fused-ring (bicyclic) bond motifs is 1. The molecule has 0 saturated carbocycles. The molecule has 27 heavy (non-hydrogen) atoms. The number of hydrogen-bond acceptors (Lipinski definition) is 5. The lowest BCUT2D eigenvalue weighted by Gasteiger charge is -2.32. The van der Waals surface area contributed by atoms with Crippen LogP contribution in [0.2, 0.25) is 0 Å². The molecular formula is C20H24N6O. The Balaban J connectivity index is 1.33. The Bertz CT molecular complexity index is 941. The van der Waals surface area contributed by atoms with Crippen molar-refractivity contribution in [1.82, 2.24) is 25.1 Å². The number of hydrogen-bond donors (Lipinski definition) is 1. The van der Waals surface area contributed by atoms with E-state index in [0.29, 0.717) is 6.54 Å². The van der Waals surface area contributed by atoms with Crippen molar-refractivity contribution < 1.29 is 4.79 Å². The molecule has 0 aliphatic carbocycles. The van der Waals surface area contributed by atoms with Crippen molar-refractivity contribution >= 4 is 17.4 Å². The van der Waals surface area contributed by atoms with E-state index in [9.17, 15) is 4.79 Å². The van der Waals surface area contributed by atoms with Crippen molar-refractivity contribution in [3.63, 3.8) is 0 Å². The van der Waals surface area contributed by atoms with Gasteiger partial charge in [0.05, 0.1) is 0 Å². The van der Waals surface area contributed by atoms with Gasteiger partial charge in [0.15, 0.2) is 11.5 Å². The Morgan fingerprint density at radius 1 is 1.07 bits per heavy atom.